The molecule has 17 heavy (non-hydrogen) atoms. The highest BCUT2D eigenvalue weighted by atomic mass is 32.1. The van der Waals surface area contributed by atoms with E-state index in [0.29, 0.717) is 5.41 Å². The molecule has 96 valence electrons. The van der Waals surface area contributed by atoms with Gasteiger partial charge in [0, 0.05) is 25.5 Å². The largest absolute Gasteiger partial charge is 0.302 e. The summed E-state index contributed by atoms with van der Waals surface area (Å²) in [7, 11) is 2.18. The van der Waals surface area contributed by atoms with Crippen molar-refractivity contribution in [3.63, 3.8) is 0 Å². The molecule has 2 nitrogen and oxygen atoms in total. The Balaban J connectivity index is 2.56. The molecule has 0 saturated heterocycles. The zero-order chi connectivity index (χ0) is 12.7. The molecule has 0 bridgehead atoms. The minimum atomic E-state index is 0.352. The Bertz CT molecular complexity index is 301. The summed E-state index contributed by atoms with van der Waals surface area (Å²) in [5, 5.41) is 0. The van der Waals surface area contributed by atoms with Gasteiger partial charge in [0.15, 0.2) is 0 Å². The summed E-state index contributed by atoms with van der Waals surface area (Å²) < 4.78 is 0. The van der Waals surface area contributed by atoms with E-state index in [0.717, 1.165) is 18.8 Å². The summed E-state index contributed by atoms with van der Waals surface area (Å²) in [6.07, 6.45) is 6.09. The molecule has 0 amide bonds. The minimum absolute atomic E-state index is 0.352. The molecule has 1 rings (SSSR count). The first-order chi connectivity index (χ1) is 8.15. The van der Waals surface area contributed by atoms with E-state index in [9.17, 15) is 0 Å². The maximum absolute atomic E-state index is 4.53. The molecule has 3 heteroatoms. The van der Waals surface area contributed by atoms with Crippen LogP contribution in [-0.2, 0) is 6.54 Å². The van der Waals surface area contributed by atoms with Crippen molar-refractivity contribution in [2.75, 3.05) is 19.3 Å². The third-order valence-corrected chi connectivity index (χ3v) is 4.31. The number of pyridine rings is 1. The van der Waals surface area contributed by atoms with Gasteiger partial charge in [0.1, 0.15) is 0 Å². The monoisotopic (exact) mass is 252 g/mol. The molecule has 0 saturated carbocycles. The van der Waals surface area contributed by atoms with Crippen molar-refractivity contribution in [2.24, 2.45) is 5.41 Å². The molecular formula is C14H24N2S. The van der Waals surface area contributed by atoms with Gasteiger partial charge in [-0.25, -0.2) is 0 Å². The Kier molecular flexibility index (Phi) is 6.00. The van der Waals surface area contributed by atoms with Crippen LogP contribution in [0.3, 0.4) is 0 Å². The van der Waals surface area contributed by atoms with Crippen LogP contribution in [0.4, 0.5) is 0 Å². The molecule has 0 unspecified atom stereocenters. The van der Waals surface area contributed by atoms with E-state index in [1.165, 1.54) is 18.4 Å². The van der Waals surface area contributed by atoms with Crippen LogP contribution in [0.25, 0.3) is 0 Å². The van der Waals surface area contributed by atoms with Crippen molar-refractivity contribution in [1.29, 1.82) is 0 Å². The Morgan fingerprint density at radius 3 is 2.29 bits per heavy atom. The summed E-state index contributed by atoms with van der Waals surface area (Å²) in [5.41, 5.74) is 1.67. The van der Waals surface area contributed by atoms with Gasteiger partial charge in [-0.1, -0.05) is 13.8 Å². The summed E-state index contributed by atoms with van der Waals surface area (Å²) in [5.74, 6) is 0.959. The highest BCUT2D eigenvalue weighted by Crippen LogP contribution is 2.29. The van der Waals surface area contributed by atoms with Crippen LogP contribution >= 0.6 is 12.6 Å². The molecule has 0 atom stereocenters. The molecule has 1 heterocycles. The second-order valence-corrected chi connectivity index (χ2v) is 5.21. The van der Waals surface area contributed by atoms with Gasteiger partial charge in [-0.3, -0.25) is 4.98 Å². The summed E-state index contributed by atoms with van der Waals surface area (Å²) >= 11 is 4.53. The second-order valence-electron chi connectivity index (χ2n) is 4.89. The second kappa shape index (κ2) is 7.02. The van der Waals surface area contributed by atoms with Gasteiger partial charge in [0.25, 0.3) is 0 Å². The van der Waals surface area contributed by atoms with Gasteiger partial charge in [0.2, 0.25) is 0 Å². The highest BCUT2D eigenvalue weighted by molar-refractivity contribution is 7.80. The summed E-state index contributed by atoms with van der Waals surface area (Å²) in [4.78, 5) is 6.43. The van der Waals surface area contributed by atoms with E-state index >= 15 is 0 Å². The van der Waals surface area contributed by atoms with Crippen LogP contribution in [0.15, 0.2) is 24.5 Å². The standard InChI is InChI=1S/C14H24N2S/c1-4-14(5-2,12-17)11-16(3)10-13-6-8-15-9-7-13/h6-9,17H,4-5,10-12H2,1-3H3. The van der Waals surface area contributed by atoms with Crippen molar-refractivity contribution in [3.05, 3.63) is 30.1 Å². The fourth-order valence-corrected chi connectivity index (χ4v) is 2.72. The van der Waals surface area contributed by atoms with Crippen LogP contribution in [0.5, 0.6) is 0 Å². The average Bonchev–Trinajstić information content (AvgIpc) is 2.37. The van der Waals surface area contributed by atoms with Gasteiger partial charge in [0.05, 0.1) is 0 Å². The van der Waals surface area contributed by atoms with Crippen molar-refractivity contribution in [2.45, 2.75) is 33.2 Å². The molecule has 0 radical (unpaired) electrons. The molecule has 0 fully saturated rings. The fraction of sp³-hybridized carbons (Fsp3) is 0.643. The van der Waals surface area contributed by atoms with E-state index in [1.54, 1.807) is 0 Å². The number of hydrogen-bond donors (Lipinski definition) is 1. The maximum Gasteiger partial charge on any atom is 0.0271 e. The summed E-state index contributed by atoms with van der Waals surface area (Å²) in [6, 6.07) is 4.16. The van der Waals surface area contributed by atoms with E-state index in [2.05, 4.69) is 55.5 Å². The van der Waals surface area contributed by atoms with Crippen molar-refractivity contribution >= 4 is 12.6 Å². The fourth-order valence-electron chi connectivity index (χ4n) is 2.18. The third-order valence-electron chi connectivity index (χ3n) is 3.64. The van der Waals surface area contributed by atoms with Crippen LogP contribution in [0, 0.1) is 5.41 Å². The first-order valence-electron chi connectivity index (χ1n) is 6.34. The molecule has 1 aromatic rings. The predicted molar refractivity (Wildman–Crippen MR) is 77.4 cm³/mol. The average molecular weight is 252 g/mol. The first-order valence-corrected chi connectivity index (χ1v) is 6.97. The van der Waals surface area contributed by atoms with Crippen molar-refractivity contribution < 1.29 is 0 Å². The topological polar surface area (TPSA) is 16.1 Å². The van der Waals surface area contributed by atoms with E-state index in [-0.39, 0.29) is 0 Å². The van der Waals surface area contributed by atoms with Crippen LogP contribution in [0.2, 0.25) is 0 Å². The van der Waals surface area contributed by atoms with Crippen LogP contribution in [0.1, 0.15) is 32.3 Å². The van der Waals surface area contributed by atoms with Gasteiger partial charge in [-0.2, -0.15) is 12.6 Å². The van der Waals surface area contributed by atoms with Gasteiger partial charge < -0.3 is 4.90 Å². The predicted octanol–water partition coefficient (Wildman–Crippen LogP) is 3.25. The van der Waals surface area contributed by atoms with Crippen LogP contribution in [-0.4, -0.2) is 29.2 Å². The summed E-state index contributed by atoms with van der Waals surface area (Å²) in [6.45, 7) is 6.61. The van der Waals surface area contributed by atoms with Gasteiger partial charge >= 0.3 is 0 Å². The minimum Gasteiger partial charge on any atom is -0.302 e. The number of aromatic nitrogens is 1. The van der Waals surface area contributed by atoms with E-state index in [1.807, 2.05) is 12.4 Å². The quantitative estimate of drug-likeness (QED) is 0.750. The normalized spacial score (nSPS) is 12.1. The lowest BCUT2D eigenvalue weighted by molar-refractivity contribution is 0.179. The number of hydrogen-bond acceptors (Lipinski definition) is 3. The molecule has 0 N–H and O–H groups in total. The van der Waals surface area contributed by atoms with Gasteiger partial charge in [-0.15, -0.1) is 0 Å². The molecule has 0 aliphatic carbocycles. The van der Waals surface area contributed by atoms with Crippen molar-refractivity contribution in [1.82, 2.24) is 9.88 Å². The smallest absolute Gasteiger partial charge is 0.0271 e. The Hall–Kier alpha value is -0.540. The Morgan fingerprint density at radius 2 is 1.82 bits per heavy atom. The number of thiol groups is 1. The molecule has 0 spiro atoms. The molecule has 0 aliphatic heterocycles. The molecule has 0 aromatic carbocycles. The zero-order valence-electron chi connectivity index (χ0n) is 11.2. The van der Waals surface area contributed by atoms with E-state index < -0.39 is 0 Å². The van der Waals surface area contributed by atoms with Crippen LogP contribution < -0.4 is 0 Å². The third kappa shape index (κ3) is 4.32. The molecule has 1 aromatic heterocycles. The molecular weight excluding hydrogens is 228 g/mol. The molecule has 0 aliphatic rings. The maximum atomic E-state index is 4.53. The SMILES string of the molecule is CCC(CC)(CS)CN(C)Cc1ccncc1. The van der Waals surface area contributed by atoms with Crippen molar-refractivity contribution in [3.8, 4) is 0 Å². The van der Waals surface area contributed by atoms with E-state index in [4.69, 9.17) is 0 Å². The van der Waals surface area contributed by atoms with Gasteiger partial charge in [-0.05, 0) is 48.8 Å². The lowest BCUT2D eigenvalue weighted by Crippen LogP contribution is -2.36. The Labute approximate surface area is 111 Å². The highest BCUT2D eigenvalue weighted by Gasteiger charge is 2.25. The Morgan fingerprint density at radius 1 is 1.24 bits per heavy atom. The number of rotatable bonds is 7. The first kappa shape index (κ1) is 14.5. The zero-order valence-corrected chi connectivity index (χ0v) is 12.1. The lowest BCUT2D eigenvalue weighted by atomic mass is 9.84. The lowest BCUT2D eigenvalue weighted by Gasteiger charge is -2.34. The number of nitrogens with zero attached hydrogens (tertiary/aromatic N) is 2.